The molecule has 0 spiro atoms. The zero-order valence-electron chi connectivity index (χ0n) is 16.1. The second-order valence-electron chi connectivity index (χ2n) is 6.83. The number of carbonyl (C=O) groups is 1. The number of nitrogens with zero attached hydrogens (tertiary/aromatic N) is 2. The summed E-state index contributed by atoms with van der Waals surface area (Å²) in [7, 11) is 0. The molecule has 0 unspecified atom stereocenters. The molecule has 0 saturated heterocycles. The van der Waals surface area contributed by atoms with E-state index in [4.69, 9.17) is 4.74 Å². The second kappa shape index (κ2) is 9.50. The molecule has 3 aromatic rings. The molecule has 1 amide bonds. The number of aromatic nitrogens is 2. The number of amides is 1. The van der Waals surface area contributed by atoms with Crippen LogP contribution in [0.2, 0.25) is 0 Å². The van der Waals surface area contributed by atoms with Gasteiger partial charge in [-0.05, 0) is 47.9 Å². The summed E-state index contributed by atoms with van der Waals surface area (Å²) in [5.41, 5.74) is 2.28. The highest BCUT2D eigenvalue weighted by atomic mass is 16.5. The highest BCUT2D eigenvalue weighted by Crippen LogP contribution is 2.19. The highest BCUT2D eigenvalue weighted by Gasteiger charge is 2.08. The van der Waals surface area contributed by atoms with Crippen molar-refractivity contribution in [3.8, 4) is 5.75 Å². The lowest BCUT2D eigenvalue weighted by atomic mass is 10.2. The number of nitrogens with one attached hydrogen (secondary N) is 2. The van der Waals surface area contributed by atoms with Crippen molar-refractivity contribution in [3.05, 3.63) is 78.0 Å². The minimum absolute atomic E-state index is 0.215. The van der Waals surface area contributed by atoms with Crippen molar-refractivity contribution in [2.75, 3.05) is 11.9 Å². The number of carbonyl (C=O) groups excluding carboxylic acids is 1. The average Bonchev–Trinajstić information content (AvgIpc) is 2.73. The van der Waals surface area contributed by atoms with Gasteiger partial charge in [0.05, 0.1) is 0 Å². The smallest absolute Gasteiger partial charge is 0.271 e. The summed E-state index contributed by atoms with van der Waals surface area (Å²) in [5.74, 6) is 1.53. The first-order valence-corrected chi connectivity index (χ1v) is 9.26. The van der Waals surface area contributed by atoms with Crippen LogP contribution in [0.5, 0.6) is 5.75 Å². The van der Waals surface area contributed by atoms with E-state index >= 15 is 0 Å². The fourth-order valence-electron chi connectivity index (χ4n) is 2.43. The minimum Gasteiger partial charge on any atom is -0.489 e. The number of hydrogen-bond donors (Lipinski definition) is 2. The van der Waals surface area contributed by atoms with Crippen molar-refractivity contribution in [2.24, 2.45) is 5.92 Å². The van der Waals surface area contributed by atoms with E-state index < -0.39 is 0 Å². The molecule has 6 nitrogen and oxygen atoms in total. The largest absolute Gasteiger partial charge is 0.489 e. The first kappa shape index (κ1) is 19.4. The van der Waals surface area contributed by atoms with Crippen molar-refractivity contribution in [3.63, 3.8) is 0 Å². The average molecular weight is 376 g/mol. The first-order valence-electron chi connectivity index (χ1n) is 9.26. The van der Waals surface area contributed by atoms with Crippen LogP contribution < -0.4 is 15.4 Å². The summed E-state index contributed by atoms with van der Waals surface area (Å²) in [5, 5.41) is 14.0. The van der Waals surface area contributed by atoms with E-state index in [0.29, 0.717) is 30.6 Å². The van der Waals surface area contributed by atoms with Gasteiger partial charge in [0.2, 0.25) is 0 Å². The van der Waals surface area contributed by atoms with Gasteiger partial charge >= 0.3 is 0 Å². The van der Waals surface area contributed by atoms with Crippen LogP contribution in [-0.2, 0) is 6.61 Å². The lowest BCUT2D eigenvalue weighted by Gasteiger charge is -2.09. The molecule has 0 atom stereocenters. The van der Waals surface area contributed by atoms with E-state index in [1.165, 1.54) is 0 Å². The van der Waals surface area contributed by atoms with Crippen molar-refractivity contribution in [2.45, 2.75) is 20.5 Å². The predicted molar refractivity (Wildman–Crippen MR) is 110 cm³/mol. The van der Waals surface area contributed by atoms with Crippen molar-refractivity contribution in [1.82, 2.24) is 15.5 Å². The molecule has 0 fully saturated rings. The van der Waals surface area contributed by atoms with E-state index in [1.807, 2.05) is 68.4 Å². The molecular formula is C22H24N4O2. The van der Waals surface area contributed by atoms with E-state index in [2.05, 4.69) is 20.8 Å². The molecule has 28 heavy (non-hydrogen) atoms. The van der Waals surface area contributed by atoms with Crippen molar-refractivity contribution >= 4 is 17.4 Å². The van der Waals surface area contributed by atoms with Crippen molar-refractivity contribution in [1.29, 1.82) is 0 Å². The lowest BCUT2D eigenvalue weighted by molar-refractivity contribution is 0.0943. The third-order valence-electron chi connectivity index (χ3n) is 3.94. The summed E-state index contributed by atoms with van der Waals surface area (Å²) in [4.78, 5) is 12.0. The fraction of sp³-hybridized carbons (Fsp3) is 0.227. The van der Waals surface area contributed by atoms with Crippen LogP contribution in [0.3, 0.4) is 0 Å². The van der Waals surface area contributed by atoms with Gasteiger partial charge in [-0.2, -0.15) is 0 Å². The van der Waals surface area contributed by atoms with Gasteiger partial charge < -0.3 is 15.4 Å². The van der Waals surface area contributed by atoms with Gasteiger partial charge in [0.1, 0.15) is 12.4 Å². The van der Waals surface area contributed by atoms with Gasteiger partial charge in [0.25, 0.3) is 5.91 Å². The maximum atomic E-state index is 12.0. The Bertz CT molecular complexity index is 879. The number of hydrogen-bond acceptors (Lipinski definition) is 5. The first-order chi connectivity index (χ1) is 13.6. The Kier molecular flexibility index (Phi) is 6.57. The molecule has 1 heterocycles. The molecule has 144 valence electrons. The Morgan fingerprint density at radius 3 is 2.36 bits per heavy atom. The summed E-state index contributed by atoms with van der Waals surface area (Å²) >= 11 is 0. The third-order valence-corrected chi connectivity index (χ3v) is 3.94. The molecule has 0 aliphatic heterocycles. The van der Waals surface area contributed by atoms with Gasteiger partial charge in [-0.1, -0.05) is 44.2 Å². The molecule has 0 aliphatic rings. The highest BCUT2D eigenvalue weighted by molar-refractivity contribution is 5.92. The fourth-order valence-corrected chi connectivity index (χ4v) is 2.43. The van der Waals surface area contributed by atoms with E-state index in [0.717, 1.165) is 17.0 Å². The monoisotopic (exact) mass is 376 g/mol. The van der Waals surface area contributed by atoms with Crippen LogP contribution in [0.25, 0.3) is 0 Å². The van der Waals surface area contributed by atoms with Gasteiger partial charge in [-0.25, -0.2) is 0 Å². The summed E-state index contributed by atoms with van der Waals surface area (Å²) < 4.78 is 5.78. The number of rotatable bonds is 8. The number of ether oxygens (including phenoxy) is 1. The molecule has 2 aromatic carbocycles. The van der Waals surface area contributed by atoms with Gasteiger partial charge in [0.15, 0.2) is 11.5 Å². The molecule has 2 N–H and O–H groups in total. The molecule has 0 saturated carbocycles. The van der Waals surface area contributed by atoms with Crippen LogP contribution in [0.15, 0.2) is 66.7 Å². The van der Waals surface area contributed by atoms with Crippen LogP contribution >= 0.6 is 0 Å². The molecule has 0 radical (unpaired) electrons. The van der Waals surface area contributed by atoms with Crippen LogP contribution in [0.4, 0.5) is 11.5 Å². The Morgan fingerprint density at radius 2 is 1.71 bits per heavy atom. The van der Waals surface area contributed by atoms with Crippen LogP contribution in [0, 0.1) is 5.92 Å². The molecule has 0 bridgehead atoms. The van der Waals surface area contributed by atoms with E-state index in [-0.39, 0.29) is 5.91 Å². The van der Waals surface area contributed by atoms with E-state index in [9.17, 15) is 4.79 Å². The maximum Gasteiger partial charge on any atom is 0.271 e. The summed E-state index contributed by atoms with van der Waals surface area (Å²) in [6.07, 6.45) is 0. The minimum atomic E-state index is -0.215. The lowest BCUT2D eigenvalue weighted by Crippen LogP contribution is -2.28. The van der Waals surface area contributed by atoms with Crippen LogP contribution in [0.1, 0.15) is 29.9 Å². The Balaban J connectivity index is 1.53. The second-order valence-corrected chi connectivity index (χ2v) is 6.83. The Labute approximate surface area is 165 Å². The molecule has 0 aliphatic carbocycles. The standard InChI is InChI=1S/C22H24N4O2/c1-16(2)14-23-22(27)20-12-13-21(26-25-20)24-18-8-10-19(11-9-18)28-15-17-6-4-3-5-7-17/h3-13,16H,14-15H2,1-2H3,(H,23,27)(H,24,26). The molecular weight excluding hydrogens is 352 g/mol. The van der Waals surface area contributed by atoms with Gasteiger partial charge in [0, 0.05) is 12.2 Å². The number of anilines is 2. The zero-order chi connectivity index (χ0) is 19.8. The summed E-state index contributed by atoms with van der Waals surface area (Å²) in [6.45, 7) is 5.21. The maximum absolute atomic E-state index is 12.0. The van der Waals surface area contributed by atoms with Gasteiger partial charge in [-0.3, -0.25) is 4.79 Å². The summed E-state index contributed by atoms with van der Waals surface area (Å²) in [6, 6.07) is 21.0. The van der Waals surface area contributed by atoms with Gasteiger partial charge in [-0.15, -0.1) is 10.2 Å². The third kappa shape index (κ3) is 5.81. The zero-order valence-corrected chi connectivity index (χ0v) is 16.1. The Hall–Kier alpha value is -3.41. The topological polar surface area (TPSA) is 76.1 Å². The van der Waals surface area contributed by atoms with Crippen molar-refractivity contribution < 1.29 is 9.53 Å². The predicted octanol–water partition coefficient (Wildman–Crippen LogP) is 4.19. The number of benzene rings is 2. The molecule has 1 aromatic heterocycles. The normalized spacial score (nSPS) is 10.5. The van der Waals surface area contributed by atoms with Crippen LogP contribution in [-0.4, -0.2) is 22.6 Å². The Morgan fingerprint density at radius 1 is 0.964 bits per heavy atom. The quantitative estimate of drug-likeness (QED) is 0.617. The van der Waals surface area contributed by atoms with E-state index in [1.54, 1.807) is 12.1 Å². The molecule has 6 heteroatoms. The SMILES string of the molecule is CC(C)CNC(=O)c1ccc(Nc2ccc(OCc3ccccc3)cc2)nn1. The molecule has 3 rings (SSSR count).